The van der Waals surface area contributed by atoms with Crippen LogP contribution in [0.2, 0.25) is 10.0 Å². The highest BCUT2D eigenvalue weighted by molar-refractivity contribution is 6.31. The number of carboxylic acid groups (broad SMARTS) is 2. The van der Waals surface area contributed by atoms with Gasteiger partial charge in [-0.3, -0.25) is 0 Å². The molecule has 0 radical (unpaired) electrons. The molecule has 2 aromatic heterocycles. The van der Waals surface area contributed by atoms with Crippen LogP contribution in [0.25, 0.3) is 44.3 Å². The Morgan fingerprint density at radius 2 is 0.816 bits per heavy atom. The van der Waals surface area contributed by atoms with Gasteiger partial charge in [0.15, 0.2) is 0 Å². The fraction of sp³-hybridized carbons (Fsp3) is 0.516. The zero-order valence-corrected chi connectivity index (χ0v) is 47.4. The van der Waals surface area contributed by atoms with E-state index < -0.39 is 11.9 Å². The minimum Gasteiger partial charge on any atom is -0.478 e. The molecule has 0 spiro atoms. The second-order valence-corrected chi connectivity index (χ2v) is 23.3. The summed E-state index contributed by atoms with van der Waals surface area (Å²) in [6.45, 7) is 12.8. The SMILES string of the molecule is Cl.Cl.O=C(O)c1ccc2c(C3CCCCC3)c3n(c2c1)CCCN(CCN1CCCCC1)c1cc(Cl)ccc1-3.O=C(O)c1ccc2c(C3CCCCC3)c3n(c2c1)CCCN(CCN1CCCCC1)c1cc(Cl)ccc1-3. The topological polar surface area (TPSA) is 97.4 Å². The summed E-state index contributed by atoms with van der Waals surface area (Å²) < 4.78 is 4.86. The van der Waals surface area contributed by atoms with E-state index in [1.54, 1.807) is 12.1 Å². The molecule has 4 aromatic carbocycles. The van der Waals surface area contributed by atoms with Crippen molar-refractivity contribution in [3.05, 3.63) is 105 Å². The molecule has 408 valence electrons. The van der Waals surface area contributed by atoms with Gasteiger partial charge in [0.1, 0.15) is 0 Å². The number of hydrogen-bond acceptors (Lipinski definition) is 6. The van der Waals surface area contributed by atoms with Crippen LogP contribution in [0.3, 0.4) is 0 Å². The summed E-state index contributed by atoms with van der Waals surface area (Å²) in [6.07, 6.45) is 22.5. The molecule has 6 heterocycles. The highest BCUT2D eigenvalue weighted by Crippen LogP contribution is 2.50. The molecule has 2 aliphatic carbocycles. The molecule has 0 bridgehead atoms. The summed E-state index contributed by atoms with van der Waals surface area (Å²) >= 11 is 13.3. The Bertz CT molecular complexity index is 2780. The van der Waals surface area contributed by atoms with Crippen molar-refractivity contribution in [2.75, 3.05) is 75.2 Å². The third-order valence-corrected chi connectivity index (χ3v) is 18.2. The molecule has 4 aliphatic heterocycles. The normalized spacial score (nSPS) is 18.8. The number of aryl methyl sites for hydroxylation is 2. The molecule has 0 atom stereocenters. The molecule has 10 nitrogen and oxygen atoms in total. The number of aromatic carboxylic acids is 2. The first-order valence-corrected chi connectivity index (χ1v) is 29.3. The van der Waals surface area contributed by atoms with Crippen molar-refractivity contribution in [2.45, 2.75) is 141 Å². The van der Waals surface area contributed by atoms with Gasteiger partial charge in [-0.2, -0.15) is 0 Å². The number of fused-ring (bicyclic) bond motifs is 10. The van der Waals surface area contributed by atoms with E-state index in [9.17, 15) is 19.8 Å². The minimum atomic E-state index is -0.862. The van der Waals surface area contributed by atoms with Crippen molar-refractivity contribution in [1.82, 2.24) is 18.9 Å². The predicted octanol–water partition coefficient (Wildman–Crippen LogP) is 15.7. The smallest absolute Gasteiger partial charge is 0.335 e. The molecule has 2 saturated heterocycles. The lowest BCUT2D eigenvalue weighted by Crippen LogP contribution is -2.39. The van der Waals surface area contributed by atoms with E-state index in [1.165, 1.54) is 185 Å². The summed E-state index contributed by atoms with van der Waals surface area (Å²) in [5, 5.41) is 23.5. The molecule has 6 aliphatic rings. The molecule has 76 heavy (non-hydrogen) atoms. The lowest BCUT2D eigenvalue weighted by molar-refractivity contribution is 0.0686. The number of likely N-dealkylation sites (tertiary alicyclic amines) is 2. The fourth-order valence-corrected chi connectivity index (χ4v) is 14.4. The first kappa shape index (κ1) is 56.3. The fourth-order valence-electron chi connectivity index (χ4n) is 14.0. The molecule has 2 N–H and O–H groups in total. The number of carbonyl (C=O) groups is 2. The number of piperidine rings is 2. The van der Waals surface area contributed by atoms with E-state index >= 15 is 0 Å². The number of nitrogens with zero attached hydrogens (tertiary/aromatic N) is 6. The van der Waals surface area contributed by atoms with Crippen molar-refractivity contribution in [1.29, 1.82) is 0 Å². The monoisotopic (exact) mass is 1110 g/mol. The summed E-state index contributed by atoms with van der Waals surface area (Å²) in [6, 6.07) is 24.3. The first-order chi connectivity index (χ1) is 36.2. The molecule has 0 unspecified atom stereocenters. The number of halogens is 4. The van der Waals surface area contributed by atoms with Gasteiger partial charge in [0.05, 0.1) is 22.5 Å². The van der Waals surface area contributed by atoms with Crippen LogP contribution in [-0.2, 0) is 13.1 Å². The number of anilines is 2. The van der Waals surface area contributed by atoms with E-state index in [2.05, 4.69) is 65.1 Å². The predicted molar refractivity (Wildman–Crippen MR) is 319 cm³/mol. The highest BCUT2D eigenvalue weighted by Gasteiger charge is 2.33. The average molecular weight is 1110 g/mol. The molecule has 14 heteroatoms. The maximum absolute atomic E-state index is 11.9. The van der Waals surface area contributed by atoms with Crippen molar-refractivity contribution in [3.63, 3.8) is 0 Å². The molecule has 4 fully saturated rings. The molecule has 6 aromatic rings. The molecule has 2 saturated carbocycles. The second-order valence-electron chi connectivity index (χ2n) is 22.4. The Balaban J connectivity index is 0.000000181. The van der Waals surface area contributed by atoms with Gasteiger partial charge in [-0.1, -0.05) is 86.7 Å². The van der Waals surface area contributed by atoms with E-state index in [-0.39, 0.29) is 24.8 Å². The lowest BCUT2D eigenvalue weighted by atomic mass is 9.81. The maximum Gasteiger partial charge on any atom is 0.335 e. The maximum atomic E-state index is 11.9. The van der Waals surface area contributed by atoms with E-state index in [0.29, 0.717) is 23.0 Å². The van der Waals surface area contributed by atoms with Gasteiger partial charge in [0.25, 0.3) is 0 Å². The number of rotatable bonds is 10. The number of benzene rings is 4. The zero-order chi connectivity index (χ0) is 50.7. The van der Waals surface area contributed by atoms with Crippen LogP contribution in [0.1, 0.15) is 159 Å². The number of aromatic nitrogens is 2. The quantitative estimate of drug-likeness (QED) is 0.140. The Kier molecular flexibility index (Phi) is 19.0. The lowest BCUT2D eigenvalue weighted by Gasteiger charge is -2.34. The van der Waals surface area contributed by atoms with Crippen molar-refractivity contribution in [3.8, 4) is 22.5 Å². The van der Waals surface area contributed by atoms with Gasteiger partial charge in [-0.15, -0.1) is 24.8 Å². The molecule has 12 rings (SSSR count). The summed E-state index contributed by atoms with van der Waals surface area (Å²) in [7, 11) is 0. The summed E-state index contributed by atoms with van der Waals surface area (Å²) in [4.78, 5) is 34.1. The Hall–Kier alpha value is -4.42. The summed E-state index contributed by atoms with van der Waals surface area (Å²) in [5.74, 6) is -0.710. The second kappa shape index (κ2) is 25.6. The number of hydrogen-bond donors (Lipinski definition) is 2. The van der Waals surface area contributed by atoms with E-state index in [1.807, 2.05) is 24.3 Å². The standard InChI is InChI=1S/2C31H38ClN3O2.2ClH/c2*32-24-11-13-26-27(21-24)34(19-18-33-14-5-2-6-15-33)16-7-17-35-28-20-23(31(36)37)10-12-25(28)29(30(26)35)22-8-3-1-4-9-22;;/h2*10-13,20-22H,1-9,14-19H2,(H,36,37);2*1H. The highest BCUT2D eigenvalue weighted by atomic mass is 35.5. The van der Waals surface area contributed by atoms with Crippen LogP contribution in [-0.4, -0.2) is 107 Å². The van der Waals surface area contributed by atoms with E-state index in [4.69, 9.17) is 23.2 Å². The Morgan fingerprint density at radius 3 is 1.20 bits per heavy atom. The Morgan fingerprint density at radius 1 is 0.434 bits per heavy atom. The van der Waals surface area contributed by atoms with Crippen LogP contribution >= 0.6 is 48.0 Å². The van der Waals surface area contributed by atoms with Crippen LogP contribution in [0, 0.1) is 0 Å². The van der Waals surface area contributed by atoms with Gasteiger partial charge in [0.2, 0.25) is 0 Å². The first-order valence-electron chi connectivity index (χ1n) is 28.5. The summed E-state index contributed by atoms with van der Waals surface area (Å²) in [5.41, 5.74) is 13.2. The minimum absolute atomic E-state index is 0. The van der Waals surface area contributed by atoms with E-state index in [0.717, 1.165) is 86.3 Å². The van der Waals surface area contributed by atoms with Gasteiger partial charge < -0.3 is 38.9 Å². The van der Waals surface area contributed by atoms with Crippen molar-refractivity contribution in [2.24, 2.45) is 0 Å². The third-order valence-electron chi connectivity index (χ3n) is 17.7. The molecular formula is C62H78Cl4N6O4. The zero-order valence-electron chi connectivity index (χ0n) is 44.3. The van der Waals surface area contributed by atoms with Gasteiger partial charge in [0, 0.05) is 107 Å². The van der Waals surface area contributed by atoms with Crippen molar-refractivity contribution >= 4 is 93.1 Å². The molecular weight excluding hydrogens is 1030 g/mol. The average Bonchev–Trinajstić information content (AvgIpc) is 3.91. The number of carboxylic acids is 2. The molecule has 0 amide bonds. The largest absolute Gasteiger partial charge is 0.478 e. The third kappa shape index (κ3) is 11.9. The Labute approximate surface area is 472 Å². The van der Waals surface area contributed by atoms with Gasteiger partial charge >= 0.3 is 11.9 Å². The van der Waals surface area contributed by atoms with Crippen molar-refractivity contribution < 1.29 is 19.8 Å². The van der Waals surface area contributed by atoms with Crippen LogP contribution in [0.5, 0.6) is 0 Å². The van der Waals surface area contributed by atoms with Crippen LogP contribution < -0.4 is 9.80 Å². The van der Waals surface area contributed by atoms with Gasteiger partial charge in [-0.05, 0) is 174 Å². The van der Waals surface area contributed by atoms with Crippen LogP contribution in [0.4, 0.5) is 11.4 Å². The van der Waals surface area contributed by atoms with Crippen LogP contribution in [0.15, 0.2) is 72.8 Å². The van der Waals surface area contributed by atoms with Gasteiger partial charge in [-0.25, -0.2) is 9.59 Å².